The number of carbonyl (C=O) groups is 3. The van der Waals surface area contributed by atoms with Crippen LogP contribution >= 0.6 is 11.6 Å². The number of nitrogens with zero attached hydrogens (tertiary/aromatic N) is 1. The number of carbonyl (C=O) groups excluding carboxylic acids is 3. The van der Waals surface area contributed by atoms with Crippen molar-refractivity contribution >= 4 is 29.4 Å². The molecule has 1 unspecified atom stereocenters. The predicted molar refractivity (Wildman–Crippen MR) is 106 cm³/mol. The van der Waals surface area contributed by atoms with Crippen LogP contribution in [0.15, 0.2) is 48.5 Å². The van der Waals surface area contributed by atoms with E-state index in [0.29, 0.717) is 21.7 Å². The molecule has 0 radical (unpaired) electrons. The summed E-state index contributed by atoms with van der Waals surface area (Å²) in [6.07, 6.45) is 0.322. The SMILES string of the molecule is CC(C)(C)OC(=O)CCC(c1cccc(Cl)c1)N1C(=O)c2ccccc2C1=O. The zero-order chi connectivity index (χ0) is 20.5. The van der Waals surface area contributed by atoms with Crippen molar-refractivity contribution in [2.45, 2.75) is 45.3 Å². The summed E-state index contributed by atoms with van der Waals surface area (Å²) in [6, 6.07) is 13.1. The Morgan fingerprint density at radius 1 is 1.04 bits per heavy atom. The van der Waals surface area contributed by atoms with E-state index in [4.69, 9.17) is 16.3 Å². The Bertz CT molecular complexity index is 897. The Kier molecular flexibility index (Phi) is 5.57. The van der Waals surface area contributed by atoms with E-state index in [1.54, 1.807) is 69.3 Å². The molecule has 0 saturated heterocycles. The van der Waals surface area contributed by atoms with Crippen LogP contribution in [0, 0.1) is 0 Å². The highest BCUT2D eigenvalue weighted by molar-refractivity contribution is 6.30. The Morgan fingerprint density at radius 2 is 1.64 bits per heavy atom. The molecule has 2 aromatic carbocycles. The molecule has 0 spiro atoms. The van der Waals surface area contributed by atoms with Crippen LogP contribution in [0.2, 0.25) is 5.02 Å². The molecule has 0 N–H and O–H groups in total. The first-order valence-electron chi connectivity index (χ1n) is 9.11. The van der Waals surface area contributed by atoms with E-state index < -0.39 is 11.6 Å². The summed E-state index contributed by atoms with van der Waals surface area (Å²) in [7, 11) is 0. The molecule has 0 saturated carbocycles. The van der Waals surface area contributed by atoms with Crippen molar-refractivity contribution < 1.29 is 19.1 Å². The number of benzene rings is 2. The lowest BCUT2D eigenvalue weighted by molar-refractivity contribution is -0.155. The maximum absolute atomic E-state index is 12.9. The first kappa shape index (κ1) is 20.1. The smallest absolute Gasteiger partial charge is 0.306 e. The van der Waals surface area contributed by atoms with Gasteiger partial charge in [0, 0.05) is 11.4 Å². The largest absolute Gasteiger partial charge is 0.460 e. The minimum absolute atomic E-state index is 0.0713. The first-order valence-corrected chi connectivity index (χ1v) is 9.49. The average Bonchev–Trinajstić information content (AvgIpc) is 2.86. The fraction of sp³-hybridized carbons (Fsp3) is 0.318. The van der Waals surface area contributed by atoms with Crippen molar-refractivity contribution in [1.82, 2.24) is 4.90 Å². The maximum atomic E-state index is 12.9. The van der Waals surface area contributed by atoms with Gasteiger partial charge in [-0.25, -0.2) is 0 Å². The summed E-state index contributed by atoms with van der Waals surface area (Å²) in [6.45, 7) is 5.39. The molecular formula is C22H22ClNO4. The number of halogens is 1. The van der Waals surface area contributed by atoms with Crippen molar-refractivity contribution in [3.8, 4) is 0 Å². The summed E-state index contributed by atoms with van der Waals surface area (Å²) in [4.78, 5) is 39.3. The zero-order valence-electron chi connectivity index (χ0n) is 16.1. The molecule has 1 aliphatic heterocycles. The minimum atomic E-state index is -0.612. The Morgan fingerprint density at radius 3 is 2.18 bits per heavy atom. The zero-order valence-corrected chi connectivity index (χ0v) is 16.8. The third-order valence-corrected chi connectivity index (χ3v) is 4.65. The molecule has 2 amide bonds. The number of fused-ring (bicyclic) bond motifs is 1. The number of esters is 1. The summed E-state index contributed by atoms with van der Waals surface area (Å²) in [5.41, 5.74) is 0.845. The second-order valence-corrected chi connectivity index (χ2v) is 8.16. The summed E-state index contributed by atoms with van der Waals surface area (Å²) in [5.74, 6) is -1.11. The van der Waals surface area contributed by atoms with E-state index in [-0.39, 0.29) is 30.6 Å². The van der Waals surface area contributed by atoms with Crippen molar-refractivity contribution in [2.24, 2.45) is 0 Å². The molecule has 0 fully saturated rings. The van der Waals surface area contributed by atoms with Crippen LogP contribution in [0.3, 0.4) is 0 Å². The molecule has 1 aliphatic rings. The molecule has 6 heteroatoms. The van der Waals surface area contributed by atoms with E-state index in [2.05, 4.69) is 0 Å². The quantitative estimate of drug-likeness (QED) is 0.535. The normalized spacial score (nSPS) is 14.8. The van der Waals surface area contributed by atoms with Gasteiger partial charge in [0.15, 0.2) is 0 Å². The fourth-order valence-electron chi connectivity index (χ4n) is 3.30. The van der Waals surface area contributed by atoms with Crippen molar-refractivity contribution in [2.75, 3.05) is 0 Å². The van der Waals surface area contributed by atoms with Gasteiger partial charge in [0.05, 0.1) is 17.2 Å². The third kappa shape index (κ3) is 4.25. The van der Waals surface area contributed by atoms with Gasteiger partial charge in [-0.15, -0.1) is 0 Å². The lowest BCUT2D eigenvalue weighted by Crippen LogP contribution is -2.35. The molecule has 28 heavy (non-hydrogen) atoms. The summed E-state index contributed by atoms with van der Waals surface area (Å²) >= 11 is 6.13. The van der Waals surface area contributed by atoms with Crippen LogP contribution in [0.25, 0.3) is 0 Å². The van der Waals surface area contributed by atoms with Crippen molar-refractivity contribution in [1.29, 1.82) is 0 Å². The Balaban J connectivity index is 1.91. The highest BCUT2D eigenvalue weighted by Gasteiger charge is 2.40. The van der Waals surface area contributed by atoms with E-state index in [1.165, 1.54) is 4.90 Å². The first-order chi connectivity index (χ1) is 13.2. The topological polar surface area (TPSA) is 63.7 Å². The maximum Gasteiger partial charge on any atom is 0.306 e. The van der Waals surface area contributed by atoms with E-state index >= 15 is 0 Å². The minimum Gasteiger partial charge on any atom is -0.460 e. The lowest BCUT2D eigenvalue weighted by atomic mass is 10.00. The van der Waals surface area contributed by atoms with Crippen molar-refractivity contribution in [3.63, 3.8) is 0 Å². The number of amides is 2. The Hall–Kier alpha value is -2.66. The number of ether oxygens (including phenoxy) is 1. The van der Waals surface area contributed by atoms with Crippen LogP contribution in [-0.4, -0.2) is 28.3 Å². The number of hydrogen-bond acceptors (Lipinski definition) is 4. The van der Waals surface area contributed by atoms with Crippen LogP contribution in [0.5, 0.6) is 0 Å². The van der Waals surface area contributed by atoms with Gasteiger partial charge in [-0.05, 0) is 57.0 Å². The van der Waals surface area contributed by atoms with Gasteiger partial charge in [-0.3, -0.25) is 19.3 Å². The van der Waals surface area contributed by atoms with E-state index in [0.717, 1.165) is 0 Å². The van der Waals surface area contributed by atoms with Gasteiger partial charge in [0.1, 0.15) is 5.60 Å². The molecule has 1 atom stereocenters. The van der Waals surface area contributed by atoms with Gasteiger partial charge in [-0.1, -0.05) is 35.9 Å². The lowest BCUT2D eigenvalue weighted by Gasteiger charge is -2.27. The number of imide groups is 1. The van der Waals surface area contributed by atoms with Gasteiger partial charge in [-0.2, -0.15) is 0 Å². The van der Waals surface area contributed by atoms with Crippen LogP contribution in [0.1, 0.15) is 65.9 Å². The van der Waals surface area contributed by atoms with Crippen LogP contribution in [0.4, 0.5) is 0 Å². The van der Waals surface area contributed by atoms with E-state index in [9.17, 15) is 14.4 Å². The molecule has 1 heterocycles. The standard InChI is InChI=1S/C22H22ClNO4/c1-22(2,3)28-19(25)12-11-18(14-7-6-8-15(23)13-14)24-20(26)16-9-4-5-10-17(16)21(24)27/h4-10,13,18H,11-12H2,1-3H3. The highest BCUT2D eigenvalue weighted by Crippen LogP contribution is 2.35. The molecule has 2 aromatic rings. The van der Waals surface area contributed by atoms with Gasteiger partial charge < -0.3 is 4.74 Å². The average molecular weight is 400 g/mol. The van der Waals surface area contributed by atoms with Crippen LogP contribution < -0.4 is 0 Å². The fourth-order valence-corrected chi connectivity index (χ4v) is 3.50. The molecule has 0 bridgehead atoms. The molecule has 0 aromatic heterocycles. The number of rotatable bonds is 5. The highest BCUT2D eigenvalue weighted by atomic mass is 35.5. The van der Waals surface area contributed by atoms with Gasteiger partial charge in [0.2, 0.25) is 0 Å². The van der Waals surface area contributed by atoms with Gasteiger partial charge >= 0.3 is 5.97 Å². The Labute approximate surface area is 169 Å². The predicted octanol–water partition coefficient (Wildman–Crippen LogP) is 4.80. The van der Waals surface area contributed by atoms with E-state index in [1.807, 2.05) is 0 Å². The second-order valence-electron chi connectivity index (χ2n) is 7.72. The van der Waals surface area contributed by atoms with Gasteiger partial charge in [0.25, 0.3) is 11.8 Å². The molecule has 3 rings (SSSR count). The molecular weight excluding hydrogens is 378 g/mol. The monoisotopic (exact) mass is 399 g/mol. The second kappa shape index (κ2) is 7.76. The van der Waals surface area contributed by atoms with Crippen LogP contribution in [-0.2, 0) is 9.53 Å². The summed E-state index contributed by atoms with van der Waals surface area (Å²) < 4.78 is 5.37. The molecule has 146 valence electrons. The third-order valence-electron chi connectivity index (χ3n) is 4.41. The van der Waals surface area contributed by atoms with Crippen molar-refractivity contribution in [3.05, 3.63) is 70.2 Å². The molecule has 5 nitrogen and oxygen atoms in total. The molecule has 0 aliphatic carbocycles. The summed E-state index contributed by atoms with van der Waals surface area (Å²) in [5, 5.41) is 0.497. The number of hydrogen-bond donors (Lipinski definition) is 0.